The van der Waals surface area contributed by atoms with Crippen molar-refractivity contribution < 1.29 is 13.2 Å². The monoisotopic (exact) mass is 269 g/mol. The van der Waals surface area contributed by atoms with Crippen LogP contribution in [0.4, 0.5) is 0 Å². The normalized spacial score (nSPS) is 23.5. The minimum absolute atomic E-state index is 0.0229. The van der Waals surface area contributed by atoms with Gasteiger partial charge in [-0.3, -0.25) is 0 Å². The molecule has 0 aromatic carbocycles. The van der Waals surface area contributed by atoms with Crippen LogP contribution in [0.5, 0.6) is 0 Å². The number of hydrogen-bond donors (Lipinski definition) is 0. The average Bonchev–Trinajstić information content (AvgIpc) is 2.27. The molecular weight excluding hydrogens is 250 g/mol. The summed E-state index contributed by atoms with van der Waals surface area (Å²) >= 11 is 5.49. The summed E-state index contributed by atoms with van der Waals surface area (Å²) in [6.07, 6.45) is 2.84. The van der Waals surface area contributed by atoms with E-state index >= 15 is 0 Å². The van der Waals surface area contributed by atoms with Crippen LogP contribution in [0.25, 0.3) is 0 Å². The van der Waals surface area contributed by atoms with Crippen LogP contribution in [-0.4, -0.2) is 50.2 Å². The van der Waals surface area contributed by atoms with E-state index in [4.69, 9.17) is 16.3 Å². The number of halogens is 1. The Balaban J connectivity index is 2.49. The molecule has 1 unspecified atom stereocenters. The lowest BCUT2D eigenvalue weighted by molar-refractivity contribution is 0.0194. The van der Waals surface area contributed by atoms with Crippen LogP contribution >= 0.6 is 11.6 Å². The van der Waals surface area contributed by atoms with Crippen molar-refractivity contribution in [3.63, 3.8) is 0 Å². The quantitative estimate of drug-likeness (QED) is 0.686. The number of nitrogens with zero attached hydrogens (tertiary/aromatic N) is 1. The number of rotatable bonds is 6. The zero-order valence-electron chi connectivity index (χ0n) is 9.69. The third kappa shape index (κ3) is 4.20. The Bertz CT molecular complexity index is 294. The van der Waals surface area contributed by atoms with E-state index in [1.54, 1.807) is 0 Å². The average molecular weight is 270 g/mol. The van der Waals surface area contributed by atoms with E-state index in [1.165, 1.54) is 4.31 Å². The molecule has 0 bridgehead atoms. The molecule has 96 valence electrons. The molecule has 1 heterocycles. The summed E-state index contributed by atoms with van der Waals surface area (Å²) < 4.78 is 30.7. The minimum Gasteiger partial charge on any atom is -0.377 e. The first-order valence-electron chi connectivity index (χ1n) is 5.75. The lowest BCUT2D eigenvalue weighted by atomic mass is 10.1. The molecule has 1 rings (SSSR count). The Morgan fingerprint density at radius 1 is 1.50 bits per heavy atom. The van der Waals surface area contributed by atoms with Crippen molar-refractivity contribution >= 4 is 21.6 Å². The van der Waals surface area contributed by atoms with Gasteiger partial charge in [0.15, 0.2) is 0 Å². The second-order valence-electron chi connectivity index (χ2n) is 4.00. The zero-order valence-corrected chi connectivity index (χ0v) is 11.3. The van der Waals surface area contributed by atoms with Crippen molar-refractivity contribution in [2.24, 2.45) is 0 Å². The molecule has 0 amide bonds. The highest BCUT2D eigenvalue weighted by molar-refractivity contribution is 7.89. The van der Waals surface area contributed by atoms with Crippen molar-refractivity contribution in [3.05, 3.63) is 0 Å². The maximum Gasteiger partial charge on any atom is 0.215 e. The van der Waals surface area contributed by atoms with E-state index in [2.05, 4.69) is 0 Å². The molecule has 6 heteroatoms. The van der Waals surface area contributed by atoms with Gasteiger partial charge >= 0.3 is 0 Å². The van der Waals surface area contributed by atoms with Gasteiger partial charge in [0.2, 0.25) is 10.0 Å². The summed E-state index contributed by atoms with van der Waals surface area (Å²) in [5.74, 6) is 0.175. The number of ether oxygens (including phenoxy) is 1. The first kappa shape index (κ1) is 14.2. The van der Waals surface area contributed by atoms with Gasteiger partial charge in [0.1, 0.15) is 0 Å². The molecule has 1 atom stereocenters. The second-order valence-corrected chi connectivity index (χ2v) is 6.46. The first-order valence-corrected chi connectivity index (χ1v) is 7.90. The predicted octanol–water partition coefficient (Wildman–Crippen LogP) is 1.45. The van der Waals surface area contributed by atoms with Crippen LogP contribution in [0, 0.1) is 0 Å². The summed E-state index contributed by atoms with van der Waals surface area (Å²) in [4.78, 5) is 0. The highest BCUT2D eigenvalue weighted by atomic mass is 35.5. The van der Waals surface area contributed by atoms with Crippen LogP contribution in [0.2, 0.25) is 0 Å². The van der Waals surface area contributed by atoms with Crippen LogP contribution in [0.15, 0.2) is 0 Å². The second kappa shape index (κ2) is 6.79. The number of hydrogen-bond acceptors (Lipinski definition) is 3. The number of piperidine rings is 1. The van der Waals surface area contributed by atoms with Gasteiger partial charge in [-0.2, -0.15) is 4.31 Å². The van der Waals surface area contributed by atoms with Gasteiger partial charge in [-0.15, -0.1) is 11.6 Å². The van der Waals surface area contributed by atoms with Gasteiger partial charge in [0.25, 0.3) is 0 Å². The largest absolute Gasteiger partial charge is 0.377 e. The van der Waals surface area contributed by atoms with Crippen LogP contribution in [0.1, 0.15) is 26.2 Å². The lowest BCUT2D eigenvalue weighted by Crippen LogP contribution is -2.44. The van der Waals surface area contributed by atoms with Gasteiger partial charge in [0, 0.05) is 25.6 Å². The Kier molecular flexibility index (Phi) is 6.03. The van der Waals surface area contributed by atoms with Gasteiger partial charge in [-0.05, 0) is 19.3 Å². The molecule has 1 aliphatic heterocycles. The highest BCUT2D eigenvalue weighted by Gasteiger charge is 2.28. The van der Waals surface area contributed by atoms with Gasteiger partial charge in [-0.1, -0.05) is 6.92 Å². The minimum atomic E-state index is -3.17. The maximum absolute atomic E-state index is 11.8. The Labute approximate surface area is 103 Å². The smallest absolute Gasteiger partial charge is 0.215 e. The molecule has 1 aliphatic rings. The molecule has 0 N–H and O–H groups in total. The third-order valence-electron chi connectivity index (χ3n) is 2.63. The van der Waals surface area contributed by atoms with Crippen LogP contribution in [-0.2, 0) is 14.8 Å². The van der Waals surface area contributed by atoms with Gasteiger partial charge < -0.3 is 4.74 Å². The van der Waals surface area contributed by atoms with E-state index in [0.717, 1.165) is 19.3 Å². The van der Waals surface area contributed by atoms with E-state index in [9.17, 15) is 8.42 Å². The van der Waals surface area contributed by atoms with Crippen LogP contribution in [0.3, 0.4) is 0 Å². The van der Waals surface area contributed by atoms with E-state index in [0.29, 0.717) is 19.7 Å². The number of sulfonamides is 1. The number of alkyl halides is 1. The summed E-state index contributed by atoms with van der Waals surface area (Å²) in [7, 11) is -3.17. The van der Waals surface area contributed by atoms with E-state index in [1.807, 2.05) is 6.92 Å². The Morgan fingerprint density at radius 2 is 2.25 bits per heavy atom. The highest BCUT2D eigenvalue weighted by Crippen LogP contribution is 2.17. The maximum atomic E-state index is 11.8. The first-order chi connectivity index (χ1) is 7.60. The molecule has 1 saturated heterocycles. The molecule has 0 saturated carbocycles. The molecule has 0 aliphatic carbocycles. The molecule has 1 fully saturated rings. The molecule has 4 nitrogen and oxygen atoms in total. The molecule has 0 aromatic heterocycles. The fourth-order valence-electron chi connectivity index (χ4n) is 1.80. The summed E-state index contributed by atoms with van der Waals surface area (Å²) in [6, 6.07) is 0. The lowest BCUT2D eigenvalue weighted by Gasteiger charge is -2.31. The van der Waals surface area contributed by atoms with Crippen molar-refractivity contribution in [1.82, 2.24) is 4.31 Å². The third-order valence-corrected chi connectivity index (χ3v) is 4.88. The summed E-state index contributed by atoms with van der Waals surface area (Å²) in [5, 5.41) is 0. The Morgan fingerprint density at radius 3 is 2.88 bits per heavy atom. The Hall–Kier alpha value is 0.160. The summed E-state index contributed by atoms with van der Waals surface area (Å²) in [6.45, 7) is 3.84. The fraction of sp³-hybridized carbons (Fsp3) is 1.00. The molecule has 0 radical (unpaired) electrons. The van der Waals surface area contributed by atoms with Crippen molar-refractivity contribution in [2.45, 2.75) is 32.3 Å². The van der Waals surface area contributed by atoms with Gasteiger partial charge in [-0.25, -0.2) is 8.42 Å². The van der Waals surface area contributed by atoms with E-state index < -0.39 is 10.0 Å². The fourth-order valence-corrected chi connectivity index (χ4v) is 3.64. The topological polar surface area (TPSA) is 46.6 Å². The van der Waals surface area contributed by atoms with E-state index in [-0.39, 0.29) is 17.7 Å². The van der Waals surface area contributed by atoms with Crippen molar-refractivity contribution in [1.29, 1.82) is 0 Å². The SMILES string of the molecule is CCCOC1CCCN(S(=O)(=O)CCCl)C1. The van der Waals surface area contributed by atoms with Crippen molar-refractivity contribution in [2.75, 3.05) is 31.3 Å². The molecular formula is C10H20ClNO3S. The zero-order chi connectivity index (χ0) is 12.0. The van der Waals surface area contributed by atoms with Crippen LogP contribution < -0.4 is 0 Å². The predicted molar refractivity (Wildman–Crippen MR) is 65.3 cm³/mol. The standard InChI is InChI=1S/C10H20ClNO3S/c1-2-7-15-10-4-3-6-12(9-10)16(13,14)8-5-11/h10H,2-9H2,1H3. The summed E-state index contributed by atoms with van der Waals surface area (Å²) in [5.41, 5.74) is 0. The molecule has 0 aromatic rings. The molecule has 16 heavy (non-hydrogen) atoms. The van der Waals surface area contributed by atoms with Gasteiger partial charge in [0.05, 0.1) is 11.9 Å². The molecule has 0 spiro atoms. The van der Waals surface area contributed by atoms with Crippen molar-refractivity contribution in [3.8, 4) is 0 Å².